The summed E-state index contributed by atoms with van der Waals surface area (Å²) >= 11 is 0. The molecule has 7 heteroatoms. The van der Waals surface area contributed by atoms with Crippen molar-refractivity contribution in [3.8, 4) is 11.3 Å². The quantitative estimate of drug-likeness (QED) is 0.737. The van der Waals surface area contributed by atoms with Crippen molar-refractivity contribution in [3.05, 3.63) is 72.2 Å². The van der Waals surface area contributed by atoms with Gasteiger partial charge in [0.1, 0.15) is 11.6 Å². The van der Waals surface area contributed by atoms with Crippen LogP contribution in [0.5, 0.6) is 0 Å². The van der Waals surface area contributed by atoms with Crippen LogP contribution in [0.3, 0.4) is 0 Å². The van der Waals surface area contributed by atoms with E-state index in [0.29, 0.717) is 30.1 Å². The lowest BCUT2D eigenvalue weighted by atomic mass is 10.2. The Balaban J connectivity index is 1.45. The highest BCUT2D eigenvalue weighted by molar-refractivity contribution is 6.03. The van der Waals surface area contributed by atoms with E-state index in [0.717, 1.165) is 5.69 Å². The number of rotatable bonds is 4. The molecule has 3 aromatic rings. The third-order valence-corrected chi connectivity index (χ3v) is 4.25. The Labute approximate surface area is 154 Å². The van der Waals surface area contributed by atoms with Crippen molar-refractivity contribution in [2.45, 2.75) is 0 Å². The number of amides is 3. The molecule has 0 spiro atoms. The lowest BCUT2D eigenvalue weighted by Crippen LogP contribution is -2.27. The molecule has 27 heavy (non-hydrogen) atoms. The zero-order valence-electron chi connectivity index (χ0n) is 14.2. The largest absolute Gasteiger partial charge is 0.451 e. The van der Waals surface area contributed by atoms with Crippen LogP contribution in [-0.4, -0.2) is 25.0 Å². The summed E-state index contributed by atoms with van der Waals surface area (Å²) < 4.78 is 18.6. The fourth-order valence-corrected chi connectivity index (χ4v) is 2.86. The van der Waals surface area contributed by atoms with Gasteiger partial charge in [-0.05, 0) is 60.7 Å². The number of furan rings is 1. The second-order valence-electron chi connectivity index (χ2n) is 6.06. The second kappa shape index (κ2) is 6.95. The van der Waals surface area contributed by atoms with E-state index in [9.17, 15) is 14.0 Å². The van der Waals surface area contributed by atoms with Gasteiger partial charge in [0, 0.05) is 30.0 Å². The molecule has 1 aliphatic heterocycles. The van der Waals surface area contributed by atoms with Crippen molar-refractivity contribution < 1.29 is 18.4 Å². The Morgan fingerprint density at radius 2 is 1.78 bits per heavy atom. The normalized spacial score (nSPS) is 13.5. The van der Waals surface area contributed by atoms with Crippen molar-refractivity contribution in [3.63, 3.8) is 0 Å². The number of nitrogens with zero attached hydrogens (tertiary/aromatic N) is 1. The zero-order valence-corrected chi connectivity index (χ0v) is 14.2. The summed E-state index contributed by atoms with van der Waals surface area (Å²) in [5.41, 5.74) is 2.03. The molecule has 0 bridgehead atoms. The summed E-state index contributed by atoms with van der Waals surface area (Å²) in [7, 11) is 0. The molecule has 4 rings (SSSR count). The molecule has 136 valence electrons. The molecule has 2 heterocycles. The minimum absolute atomic E-state index is 0.129. The minimum Gasteiger partial charge on any atom is -0.451 e. The van der Waals surface area contributed by atoms with Gasteiger partial charge in [-0.25, -0.2) is 9.18 Å². The number of halogens is 1. The van der Waals surface area contributed by atoms with Crippen LogP contribution in [0.1, 0.15) is 10.6 Å². The van der Waals surface area contributed by atoms with Crippen molar-refractivity contribution in [2.75, 3.05) is 23.3 Å². The average molecular weight is 365 g/mol. The highest BCUT2D eigenvalue weighted by Crippen LogP contribution is 2.24. The predicted octanol–water partition coefficient (Wildman–Crippen LogP) is 3.87. The first-order valence-electron chi connectivity index (χ1n) is 8.43. The van der Waals surface area contributed by atoms with Crippen LogP contribution in [0.15, 0.2) is 65.1 Å². The third-order valence-electron chi connectivity index (χ3n) is 4.25. The van der Waals surface area contributed by atoms with Gasteiger partial charge in [-0.1, -0.05) is 0 Å². The first kappa shape index (κ1) is 16.8. The van der Waals surface area contributed by atoms with Gasteiger partial charge >= 0.3 is 6.03 Å². The van der Waals surface area contributed by atoms with Gasteiger partial charge in [0.15, 0.2) is 5.76 Å². The van der Waals surface area contributed by atoms with E-state index >= 15 is 0 Å². The van der Waals surface area contributed by atoms with Crippen LogP contribution in [0.25, 0.3) is 11.3 Å². The fraction of sp³-hybridized carbons (Fsp3) is 0.100. The number of carbonyl (C=O) groups excluding carboxylic acids is 2. The van der Waals surface area contributed by atoms with Crippen LogP contribution < -0.4 is 15.5 Å². The number of hydrogen-bond donors (Lipinski definition) is 2. The highest BCUT2D eigenvalue weighted by atomic mass is 19.1. The summed E-state index contributed by atoms with van der Waals surface area (Å²) in [6.07, 6.45) is 0. The summed E-state index contributed by atoms with van der Waals surface area (Å²) in [6.45, 7) is 1.23. The van der Waals surface area contributed by atoms with Gasteiger partial charge in [-0.15, -0.1) is 0 Å². The zero-order chi connectivity index (χ0) is 18.8. The maximum atomic E-state index is 13.0. The Morgan fingerprint density at radius 1 is 1.04 bits per heavy atom. The van der Waals surface area contributed by atoms with E-state index in [-0.39, 0.29) is 17.6 Å². The standard InChI is InChI=1S/C20H16FN3O3/c21-14-3-1-13(2-4-14)17-9-10-18(27-17)19(25)23-15-5-7-16(8-6-15)24-12-11-22-20(24)26/h1-10H,11-12H2,(H,22,26)(H,23,25). The van der Waals surface area contributed by atoms with Gasteiger partial charge in [-0.2, -0.15) is 0 Å². The van der Waals surface area contributed by atoms with Gasteiger partial charge in [0.05, 0.1) is 0 Å². The van der Waals surface area contributed by atoms with Gasteiger partial charge in [0.2, 0.25) is 0 Å². The summed E-state index contributed by atoms with van der Waals surface area (Å²) in [6, 6.07) is 15.9. The van der Waals surface area contributed by atoms with Crippen LogP contribution in [0, 0.1) is 5.82 Å². The van der Waals surface area contributed by atoms with Crippen LogP contribution in [0.4, 0.5) is 20.6 Å². The maximum Gasteiger partial charge on any atom is 0.321 e. The molecular formula is C20H16FN3O3. The minimum atomic E-state index is -0.393. The van der Waals surface area contributed by atoms with E-state index in [1.807, 2.05) is 0 Å². The van der Waals surface area contributed by atoms with Crippen LogP contribution >= 0.6 is 0 Å². The summed E-state index contributed by atoms with van der Waals surface area (Å²) in [5, 5.41) is 5.49. The molecule has 0 atom stereocenters. The monoisotopic (exact) mass is 365 g/mol. The summed E-state index contributed by atoms with van der Waals surface area (Å²) in [4.78, 5) is 25.7. The molecule has 1 saturated heterocycles. The first-order chi connectivity index (χ1) is 13.1. The van der Waals surface area contributed by atoms with Crippen LogP contribution in [0.2, 0.25) is 0 Å². The molecular weight excluding hydrogens is 349 g/mol. The maximum absolute atomic E-state index is 13.0. The smallest absolute Gasteiger partial charge is 0.321 e. The number of anilines is 2. The molecule has 0 unspecified atom stereocenters. The number of nitrogens with one attached hydrogen (secondary N) is 2. The molecule has 2 N–H and O–H groups in total. The molecule has 1 aromatic heterocycles. The number of benzene rings is 2. The van der Waals surface area contributed by atoms with Crippen molar-refractivity contribution >= 4 is 23.3 Å². The Kier molecular flexibility index (Phi) is 4.33. The molecule has 6 nitrogen and oxygen atoms in total. The average Bonchev–Trinajstić information content (AvgIpc) is 3.32. The molecule has 0 radical (unpaired) electrons. The molecule has 3 amide bonds. The Hall–Kier alpha value is -3.61. The molecule has 1 aliphatic rings. The van der Waals surface area contributed by atoms with Gasteiger partial charge in [0.25, 0.3) is 5.91 Å². The Morgan fingerprint density at radius 3 is 2.44 bits per heavy atom. The predicted molar refractivity (Wildman–Crippen MR) is 99.2 cm³/mol. The number of carbonyl (C=O) groups is 2. The second-order valence-corrected chi connectivity index (χ2v) is 6.06. The fourth-order valence-electron chi connectivity index (χ4n) is 2.86. The van der Waals surface area contributed by atoms with Crippen molar-refractivity contribution in [2.24, 2.45) is 0 Å². The molecule has 1 fully saturated rings. The topological polar surface area (TPSA) is 74.6 Å². The number of hydrogen-bond acceptors (Lipinski definition) is 3. The lowest BCUT2D eigenvalue weighted by Gasteiger charge is -2.14. The van der Waals surface area contributed by atoms with Gasteiger partial charge in [-0.3, -0.25) is 9.69 Å². The van der Waals surface area contributed by atoms with E-state index in [2.05, 4.69) is 10.6 Å². The van der Waals surface area contributed by atoms with E-state index in [4.69, 9.17) is 4.42 Å². The van der Waals surface area contributed by atoms with E-state index in [1.54, 1.807) is 53.4 Å². The Bertz CT molecular complexity index is 980. The van der Waals surface area contributed by atoms with Crippen molar-refractivity contribution in [1.29, 1.82) is 0 Å². The van der Waals surface area contributed by atoms with Crippen molar-refractivity contribution in [1.82, 2.24) is 5.32 Å². The lowest BCUT2D eigenvalue weighted by molar-refractivity contribution is 0.0997. The SMILES string of the molecule is O=C(Nc1ccc(N2CCNC2=O)cc1)c1ccc(-c2ccc(F)cc2)o1. The molecule has 0 saturated carbocycles. The number of urea groups is 1. The van der Waals surface area contributed by atoms with E-state index in [1.165, 1.54) is 12.1 Å². The van der Waals surface area contributed by atoms with E-state index < -0.39 is 5.91 Å². The highest BCUT2D eigenvalue weighted by Gasteiger charge is 2.21. The molecule has 0 aliphatic carbocycles. The third kappa shape index (κ3) is 3.52. The molecule has 2 aromatic carbocycles. The first-order valence-corrected chi connectivity index (χ1v) is 8.43. The van der Waals surface area contributed by atoms with Gasteiger partial charge < -0.3 is 15.1 Å². The summed E-state index contributed by atoms with van der Waals surface area (Å²) in [5.74, 6) is -0.0963. The van der Waals surface area contributed by atoms with Crippen LogP contribution in [-0.2, 0) is 0 Å².